The van der Waals surface area contributed by atoms with Gasteiger partial charge in [0.2, 0.25) is 5.82 Å². The minimum absolute atomic E-state index is 0.116. The Morgan fingerprint density at radius 2 is 1.94 bits per heavy atom. The molecule has 1 aromatic heterocycles. The molecule has 0 unspecified atom stereocenters. The second kappa shape index (κ2) is 4.37. The van der Waals surface area contributed by atoms with E-state index in [1.54, 1.807) is 6.07 Å². The van der Waals surface area contributed by atoms with Crippen molar-refractivity contribution < 1.29 is 13.2 Å². The first-order chi connectivity index (χ1) is 7.57. The van der Waals surface area contributed by atoms with Crippen LogP contribution in [0.3, 0.4) is 0 Å². The van der Waals surface area contributed by atoms with Crippen LogP contribution in [0.4, 0.5) is 13.2 Å². The van der Waals surface area contributed by atoms with E-state index < -0.39 is 12.0 Å². The molecule has 6 heteroatoms. The number of hydrogen-bond acceptors (Lipinski definition) is 3. The molecule has 1 saturated heterocycles. The summed E-state index contributed by atoms with van der Waals surface area (Å²) >= 11 is 0. The van der Waals surface area contributed by atoms with Crippen molar-refractivity contribution in [1.82, 2.24) is 15.3 Å². The molecule has 2 rings (SSSR count). The first-order valence-corrected chi connectivity index (χ1v) is 5.18. The average Bonchev–Trinajstić information content (AvgIpc) is 2.29. The lowest BCUT2D eigenvalue weighted by Crippen LogP contribution is -2.27. The van der Waals surface area contributed by atoms with E-state index in [1.165, 1.54) is 6.20 Å². The summed E-state index contributed by atoms with van der Waals surface area (Å²) in [6.45, 7) is 1.66. The van der Waals surface area contributed by atoms with Crippen molar-refractivity contribution in [3.63, 3.8) is 0 Å². The van der Waals surface area contributed by atoms with Crippen molar-refractivity contribution >= 4 is 0 Å². The lowest BCUT2D eigenvalue weighted by Gasteiger charge is -2.22. The third kappa shape index (κ3) is 2.49. The number of hydrogen-bond donors (Lipinski definition) is 1. The van der Waals surface area contributed by atoms with Gasteiger partial charge in [-0.3, -0.25) is 0 Å². The van der Waals surface area contributed by atoms with E-state index >= 15 is 0 Å². The fourth-order valence-electron chi connectivity index (χ4n) is 1.85. The van der Waals surface area contributed by atoms with Gasteiger partial charge in [-0.1, -0.05) is 0 Å². The lowest BCUT2D eigenvalue weighted by molar-refractivity contribution is -0.145. The Morgan fingerprint density at radius 3 is 2.56 bits per heavy atom. The van der Waals surface area contributed by atoms with Crippen LogP contribution >= 0.6 is 0 Å². The zero-order valence-corrected chi connectivity index (χ0v) is 8.59. The van der Waals surface area contributed by atoms with E-state index in [4.69, 9.17) is 0 Å². The highest BCUT2D eigenvalue weighted by molar-refractivity contribution is 5.10. The number of alkyl halides is 3. The quantitative estimate of drug-likeness (QED) is 0.802. The molecular formula is C10H12F3N3. The molecule has 0 saturated carbocycles. The van der Waals surface area contributed by atoms with E-state index in [1.807, 2.05) is 0 Å². The van der Waals surface area contributed by atoms with Gasteiger partial charge >= 0.3 is 6.18 Å². The van der Waals surface area contributed by atoms with Crippen LogP contribution in [0, 0.1) is 0 Å². The van der Waals surface area contributed by atoms with Gasteiger partial charge in [0.25, 0.3) is 0 Å². The van der Waals surface area contributed by atoms with Gasteiger partial charge in [-0.2, -0.15) is 13.2 Å². The van der Waals surface area contributed by atoms with Crippen molar-refractivity contribution in [3.8, 4) is 0 Å². The van der Waals surface area contributed by atoms with Crippen LogP contribution in [0.2, 0.25) is 0 Å². The van der Waals surface area contributed by atoms with Gasteiger partial charge in [0.15, 0.2) is 0 Å². The molecule has 0 bridgehead atoms. The maximum absolute atomic E-state index is 12.4. The van der Waals surface area contributed by atoms with Gasteiger partial charge in [-0.05, 0) is 32.0 Å². The van der Waals surface area contributed by atoms with Gasteiger partial charge in [0, 0.05) is 17.8 Å². The molecule has 0 atom stereocenters. The van der Waals surface area contributed by atoms with Gasteiger partial charge in [-0.15, -0.1) is 0 Å². The molecule has 0 aromatic carbocycles. The molecule has 16 heavy (non-hydrogen) atoms. The maximum Gasteiger partial charge on any atom is 0.451 e. The number of rotatable bonds is 1. The van der Waals surface area contributed by atoms with Crippen LogP contribution in [0.15, 0.2) is 12.3 Å². The molecule has 1 aliphatic heterocycles. The molecule has 1 N–H and O–H groups in total. The summed E-state index contributed by atoms with van der Waals surface area (Å²) in [5, 5.41) is 3.16. The Bertz CT molecular complexity index is 359. The first kappa shape index (κ1) is 11.3. The highest BCUT2D eigenvalue weighted by Crippen LogP contribution is 2.28. The second-order valence-electron chi connectivity index (χ2n) is 3.83. The van der Waals surface area contributed by atoms with Gasteiger partial charge in [0.1, 0.15) is 0 Å². The first-order valence-electron chi connectivity index (χ1n) is 5.18. The number of aromatic nitrogens is 2. The van der Waals surface area contributed by atoms with Crippen molar-refractivity contribution in [2.24, 2.45) is 0 Å². The lowest BCUT2D eigenvalue weighted by atomic mass is 9.94. The van der Waals surface area contributed by atoms with E-state index in [0.29, 0.717) is 5.69 Å². The van der Waals surface area contributed by atoms with Crippen LogP contribution in [0.1, 0.15) is 30.3 Å². The van der Waals surface area contributed by atoms with Crippen LogP contribution in [0.25, 0.3) is 0 Å². The SMILES string of the molecule is FC(F)(F)c1nccc(C2CCNCC2)n1. The van der Waals surface area contributed by atoms with Crippen molar-refractivity contribution in [2.45, 2.75) is 24.9 Å². The summed E-state index contributed by atoms with van der Waals surface area (Å²) in [4.78, 5) is 6.86. The number of piperidine rings is 1. The summed E-state index contributed by atoms with van der Waals surface area (Å²) < 4.78 is 37.2. The summed E-state index contributed by atoms with van der Waals surface area (Å²) in [5.74, 6) is -0.922. The molecule has 3 nitrogen and oxygen atoms in total. The Hall–Kier alpha value is -1.17. The van der Waals surface area contributed by atoms with Crippen LogP contribution < -0.4 is 5.32 Å². The minimum Gasteiger partial charge on any atom is -0.317 e. The Balaban J connectivity index is 2.21. The normalized spacial score (nSPS) is 18.7. The smallest absolute Gasteiger partial charge is 0.317 e. The molecular weight excluding hydrogens is 219 g/mol. The molecule has 88 valence electrons. The molecule has 0 amide bonds. The standard InChI is InChI=1S/C10H12F3N3/c11-10(12,13)9-15-6-3-8(16-9)7-1-4-14-5-2-7/h3,6-7,14H,1-2,4-5H2. The average molecular weight is 231 g/mol. The highest BCUT2D eigenvalue weighted by Gasteiger charge is 2.35. The van der Waals surface area contributed by atoms with E-state index in [2.05, 4.69) is 15.3 Å². The zero-order valence-electron chi connectivity index (χ0n) is 8.59. The Labute approximate surface area is 91.1 Å². The fraction of sp³-hybridized carbons (Fsp3) is 0.600. The summed E-state index contributed by atoms with van der Waals surface area (Å²) in [6.07, 6.45) is -1.61. The molecule has 0 aliphatic carbocycles. The number of nitrogens with zero attached hydrogens (tertiary/aromatic N) is 2. The van der Waals surface area contributed by atoms with Crippen LogP contribution in [-0.2, 0) is 6.18 Å². The van der Waals surface area contributed by atoms with Crippen molar-refractivity contribution in [1.29, 1.82) is 0 Å². The summed E-state index contributed by atoms with van der Waals surface area (Å²) in [7, 11) is 0. The van der Waals surface area contributed by atoms with E-state index in [0.717, 1.165) is 25.9 Å². The minimum atomic E-state index is -4.46. The van der Waals surface area contributed by atoms with E-state index in [9.17, 15) is 13.2 Å². The van der Waals surface area contributed by atoms with Crippen LogP contribution in [-0.4, -0.2) is 23.1 Å². The number of nitrogens with one attached hydrogen (secondary N) is 1. The predicted octanol–water partition coefficient (Wildman–Crippen LogP) is 1.96. The summed E-state index contributed by atoms with van der Waals surface area (Å²) in [6, 6.07) is 1.57. The maximum atomic E-state index is 12.4. The van der Waals surface area contributed by atoms with Crippen LogP contribution in [0.5, 0.6) is 0 Å². The third-order valence-electron chi connectivity index (χ3n) is 2.69. The molecule has 1 aliphatic rings. The van der Waals surface area contributed by atoms with Crippen molar-refractivity contribution in [2.75, 3.05) is 13.1 Å². The second-order valence-corrected chi connectivity index (χ2v) is 3.83. The monoisotopic (exact) mass is 231 g/mol. The fourth-order valence-corrected chi connectivity index (χ4v) is 1.85. The Kier molecular flexibility index (Phi) is 3.09. The summed E-state index contributed by atoms with van der Waals surface area (Å²) in [5.41, 5.74) is 0.504. The Morgan fingerprint density at radius 1 is 1.25 bits per heavy atom. The van der Waals surface area contributed by atoms with Crippen molar-refractivity contribution in [3.05, 3.63) is 23.8 Å². The molecule has 0 spiro atoms. The van der Waals surface area contributed by atoms with E-state index in [-0.39, 0.29) is 5.92 Å². The largest absolute Gasteiger partial charge is 0.451 e. The highest BCUT2D eigenvalue weighted by atomic mass is 19.4. The molecule has 0 radical (unpaired) electrons. The topological polar surface area (TPSA) is 37.8 Å². The number of halogens is 3. The molecule has 2 heterocycles. The predicted molar refractivity (Wildman–Crippen MR) is 51.9 cm³/mol. The molecule has 1 aromatic rings. The molecule has 1 fully saturated rings. The zero-order chi connectivity index (χ0) is 11.6. The van der Waals surface area contributed by atoms with Gasteiger partial charge in [-0.25, -0.2) is 9.97 Å². The third-order valence-corrected chi connectivity index (χ3v) is 2.69. The van der Waals surface area contributed by atoms with Gasteiger partial charge < -0.3 is 5.32 Å². The van der Waals surface area contributed by atoms with Gasteiger partial charge in [0.05, 0.1) is 0 Å².